The molecular weight excluding hydrogens is 327 g/mol. The molecule has 1 aliphatic carbocycles. The summed E-state index contributed by atoms with van der Waals surface area (Å²) >= 11 is 2.36. The Bertz CT molecular complexity index is 358. The molecule has 1 saturated carbocycles. The number of halogens is 1. The smallest absolute Gasteiger partial charge is 0.101 e. The fourth-order valence-electron chi connectivity index (χ4n) is 2.20. The Morgan fingerprint density at radius 1 is 1.53 bits per heavy atom. The number of ether oxygens (including phenoxy) is 1. The van der Waals surface area contributed by atoms with Crippen molar-refractivity contribution in [3.63, 3.8) is 0 Å². The first-order chi connectivity index (χ1) is 8.20. The first kappa shape index (κ1) is 13.3. The lowest BCUT2D eigenvalue weighted by molar-refractivity contribution is 0.0481. The number of hydrogen-bond acceptors (Lipinski definition) is 2. The monoisotopic (exact) mass is 348 g/mol. The van der Waals surface area contributed by atoms with Crippen LogP contribution in [0, 0.1) is 3.57 Å². The Labute approximate surface area is 117 Å². The van der Waals surface area contributed by atoms with Crippen LogP contribution in [-0.4, -0.2) is 15.9 Å². The Kier molecular flexibility index (Phi) is 4.85. The fraction of sp³-hybridized carbons (Fsp3) is 0.769. The van der Waals surface area contributed by atoms with Gasteiger partial charge < -0.3 is 4.74 Å². The van der Waals surface area contributed by atoms with Gasteiger partial charge in [-0.05, 0) is 48.8 Å². The topological polar surface area (TPSA) is 27.1 Å². The van der Waals surface area contributed by atoms with Gasteiger partial charge in [0.1, 0.15) is 5.69 Å². The Balaban J connectivity index is 1.97. The van der Waals surface area contributed by atoms with Gasteiger partial charge in [0, 0.05) is 6.20 Å². The molecule has 0 N–H and O–H groups in total. The maximum absolute atomic E-state index is 5.75. The lowest BCUT2D eigenvalue weighted by atomic mass is 10.3. The van der Waals surface area contributed by atoms with Gasteiger partial charge in [-0.3, -0.25) is 4.68 Å². The zero-order valence-corrected chi connectivity index (χ0v) is 12.8. The van der Waals surface area contributed by atoms with Crippen LogP contribution >= 0.6 is 22.6 Å². The van der Waals surface area contributed by atoms with Crippen molar-refractivity contribution in [2.75, 3.05) is 0 Å². The van der Waals surface area contributed by atoms with Crippen LogP contribution < -0.4 is 0 Å². The molecule has 96 valence electrons. The van der Waals surface area contributed by atoms with Gasteiger partial charge in [-0.2, -0.15) is 5.10 Å². The van der Waals surface area contributed by atoms with E-state index in [1.54, 1.807) is 0 Å². The molecule has 0 aromatic carbocycles. The number of nitrogens with zero attached hydrogens (tertiary/aromatic N) is 2. The third-order valence-electron chi connectivity index (χ3n) is 3.54. The van der Waals surface area contributed by atoms with Crippen LogP contribution in [0.4, 0.5) is 0 Å². The van der Waals surface area contributed by atoms with E-state index in [-0.39, 0.29) is 0 Å². The minimum atomic E-state index is 0.322. The molecule has 3 nitrogen and oxygen atoms in total. The molecule has 0 aliphatic heterocycles. The van der Waals surface area contributed by atoms with E-state index >= 15 is 0 Å². The van der Waals surface area contributed by atoms with E-state index in [4.69, 9.17) is 4.74 Å². The standard InChI is InChI=1S/C13H21IN2O/c1-3-10(2)17-9-13-12(14)8-16(15-13)11-6-4-5-7-11/h8,10-11H,3-7,9H2,1-2H3/t10-/m1/s1. The third kappa shape index (κ3) is 3.44. The molecule has 1 atom stereocenters. The summed E-state index contributed by atoms with van der Waals surface area (Å²) in [6.07, 6.45) is 8.81. The first-order valence-electron chi connectivity index (χ1n) is 6.55. The van der Waals surface area contributed by atoms with Crippen molar-refractivity contribution < 1.29 is 4.74 Å². The normalized spacial score (nSPS) is 18.8. The molecule has 1 aromatic heterocycles. The van der Waals surface area contributed by atoms with Gasteiger partial charge in [0.25, 0.3) is 0 Å². The van der Waals surface area contributed by atoms with Crippen molar-refractivity contribution in [2.45, 2.75) is 64.7 Å². The van der Waals surface area contributed by atoms with Gasteiger partial charge >= 0.3 is 0 Å². The quantitative estimate of drug-likeness (QED) is 0.755. The van der Waals surface area contributed by atoms with Crippen molar-refractivity contribution in [1.29, 1.82) is 0 Å². The highest BCUT2D eigenvalue weighted by atomic mass is 127. The zero-order valence-electron chi connectivity index (χ0n) is 10.7. The number of hydrogen-bond donors (Lipinski definition) is 0. The van der Waals surface area contributed by atoms with Gasteiger partial charge in [-0.15, -0.1) is 0 Å². The largest absolute Gasteiger partial charge is 0.372 e. The molecule has 1 aromatic rings. The maximum atomic E-state index is 5.75. The summed E-state index contributed by atoms with van der Waals surface area (Å²) in [7, 11) is 0. The van der Waals surface area contributed by atoms with Crippen LogP contribution in [-0.2, 0) is 11.3 Å². The first-order valence-corrected chi connectivity index (χ1v) is 7.63. The highest BCUT2D eigenvalue weighted by Gasteiger charge is 2.19. The molecule has 0 bridgehead atoms. The minimum Gasteiger partial charge on any atom is -0.372 e. The summed E-state index contributed by atoms with van der Waals surface area (Å²) in [6, 6.07) is 0.626. The van der Waals surface area contributed by atoms with Crippen molar-refractivity contribution in [3.8, 4) is 0 Å². The van der Waals surface area contributed by atoms with E-state index in [1.165, 1.54) is 29.3 Å². The van der Waals surface area contributed by atoms with Crippen LogP contribution in [0.15, 0.2) is 6.20 Å². The molecular formula is C13H21IN2O. The van der Waals surface area contributed by atoms with Crippen LogP contribution in [0.5, 0.6) is 0 Å². The molecule has 0 radical (unpaired) electrons. The summed E-state index contributed by atoms with van der Waals surface area (Å²) in [5, 5.41) is 4.68. The number of rotatable bonds is 5. The average molecular weight is 348 g/mol. The van der Waals surface area contributed by atoms with Crippen molar-refractivity contribution in [2.24, 2.45) is 0 Å². The van der Waals surface area contributed by atoms with Gasteiger partial charge in [0.2, 0.25) is 0 Å². The summed E-state index contributed by atoms with van der Waals surface area (Å²) in [5.74, 6) is 0. The second-order valence-electron chi connectivity index (χ2n) is 4.87. The Morgan fingerprint density at radius 3 is 2.88 bits per heavy atom. The second kappa shape index (κ2) is 6.18. The van der Waals surface area contributed by atoms with E-state index in [2.05, 4.69) is 52.4 Å². The summed E-state index contributed by atoms with van der Waals surface area (Å²) in [6.45, 7) is 4.90. The lowest BCUT2D eigenvalue weighted by Crippen LogP contribution is -2.09. The highest BCUT2D eigenvalue weighted by molar-refractivity contribution is 14.1. The van der Waals surface area contributed by atoms with E-state index in [0.717, 1.165) is 12.1 Å². The Hall–Kier alpha value is -0.100. The Morgan fingerprint density at radius 2 is 2.24 bits per heavy atom. The zero-order chi connectivity index (χ0) is 12.3. The number of aromatic nitrogens is 2. The molecule has 2 rings (SSSR count). The third-order valence-corrected chi connectivity index (χ3v) is 4.44. The second-order valence-corrected chi connectivity index (χ2v) is 6.03. The summed E-state index contributed by atoms with van der Waals surface area (Å²) in [5.41, 5.74) is 1.10. The van der Waals surface area contributed by atoms with Crippen LogP contribution in [0.2, 0.25) is 0 Å². The maximum Gasteiger partial charge on any atom is 0.101 e. The van der Waals surface area contributed by atoms with Crippen LogP contribution in [0.1, 0.15) is 57.7 Å². The molecule has 0 spiro atoms. The summed E-state index contributed by atoms with van der Waals surface area (Å²) < 4.78 is 9.14. The van der Waals surface area contributed by atoms with Gasteiger partial charge in [0.05, 0.1) is 22.3 Å². The highest BCUT2D eigenvalue weighted by Crippen LogP contribution is 2.29. The van der Waals surface area contributed by atoms with E-state index in [0.29, 0.717) is 18.8 Å². The van der Waals surface area contributed by atoms with E-state index in [9.17, 15) is 0 Å². The van der Waals surface area contributed by atoms with Crippen molar-refractivity contribution >= 4 is 22.6 Å². The van der Waals surface area contributed by atoms with Gasteiger partial charge in [-0.1, -0.05) is 19.8 Å². The lowest BCUT2D eigenvalue weighted by Gasteiger charge is -2.10. The van der Waals surface area contributed by atoms with E-state index in [1.807, 2.05) is 0 Å². The predicted octanol–water partition coefficient (Wildman–Crippen LogP) is 3.92. The molecule has 0 unspecified atom stereocenters. The summed E-state index contributed by atoms with van der Waals surface area (Å²) in [4.78, 5) is 0. The van der Waals surface area contributed by atoms with Gasteiger partial charge in [-0.25, -0.2) is 0 Å². The molecule has 17 heavy (non-hydrogen) atoms. The molecule has 0 saturated heterocycles. The van der Waals surface area contributed by atoms with Crippen molar-refractivity contribution in [3.05, 3.63) is 15.5 Å². The van der Waals surface area contributed by atoms with E-state index < -0.39 is 0 Å². The minimum absolute atomic E-state index is 0.322. The van der Waals surface area contributed by atoms with Crippen molar-refractivity contribution in [1.82, 2.24) is 9.78 Å². The molecule has 4 heteroatoms. The van der Waals surface area contributed by atoms with Crippen LogP contribution in [0.3, 0.4) is 0 Å². The molecule has 0 amide bonds. The predicted molar refractivity (Wildman–Crippen MR) is 77.0 cm³/mol. The molecule has 1 fully saturated rings. The van der Waals surface area contributed by atoms with Gasteiger partial charge in [0.15, 0.2) is 0 Å². The molecule has 1 aliphatic rings. The van der Waals surface area contributed by atoms with Crippen LogP contribution in [0.25, 0.3) is 0 Å². The molecule has 1 heterocycles. The average Bonchev–Trinajstić information content (AvgIpc) is 2.95. The SMILES string of the molecule is CC[C@@H](C)OCc1nn(C2CCCC2)cc1I. The fourth-order valence-corrected chi connectivity index (χ4v) is 2.75.